The van der Waals surface area contributed by atoms with E-state index in [-0.39, 0.29) is 17.3 Å². The highest BCUT2D eigenvalue weighted by atomic mass is 32.2. The molecule has 24 heavy (non-hydrogen) atoms. The molecule has 1 N–H and O–H groups in total. The first-order valence-corrected chi connectivity index (χ1v) is 10.4. The van der Waals surface area contributed by atoms with Gasteiger partial charge in [-0.05, 0) is 43.9 Å². The topological polar surface area (TPSA) is 71.5 Å². The Morgan fingerprint density at radius 2 is 2.21 bits per heavy atom. The van der Waals surface area contributed by atoms with Crippen LogP contribution in [0, 0.1) is 5.41 Å². The van der Waals surface area contributed by atoms with Gasteiger partial charge in [-0.15, -0.1) is 0 Å². The third-order valence-electron chi connectivity index (χ3n) is 5.33. The number of piperidine rings is 1. The fraction of sp³-hybridized carbons (Fsp3) is 0.706. The molecular weight excluding hydrogens is 326 g/mol. The lowest BCUT2D eigenvalue weighted by molar-refractivity contribution is -0.0236. The van der Waals surface area contributed by atoms with Crippen LogP contribution in [0.2, 0.25) is 0 Å². The number of ether oxygens (including phenoxy) is 1. The monoisotopic (exact) mass is 353 g/mol. The molecule has 0 aliphatic carbocycles. The summed E-state index contributed by atoms with van der Waals surface area (Å²) < 4.78 is 32.0. The number of sulfonamides is 1. The van der Waals surface area contributed by atoms with Crippen molar-refractivity contribution in [2.75, 3.05) is 32.0 Å². The van der Waals surface area contributed by atoms with Crippen molar-refractivity contribution in [3.63, 3.8) is 0 Å². The molecule has 3 heterocycles. The molecule has 0 amide bonds. The van der Waals surface area contributed by atoms with Crippen LogP contribution in [0.25, 0.3) is 0 Å². The molecule has 3 rings (SSSR count). The van der Waals surface area contributed by atoms with E-state index >= 15 is 0 Å². The normalized spacial score (nSPS) is 28.0. The molecule has 0 radical (unpaired) electrons. The summed E-state index contributed by atoms with van der Waals surface area (Å²) in [6, 6.07) is 4.11. The quantitative estimate of drug-likeness (QED) is 0.802. The van der Waals surface area contributed by atoms with Crippen LogP contribution in [0.1, 0.15) is 31.7 Å². The van der Waals surface area contributed by atoms with Crippen molar-refractivity contribution in [2.24, 2.45) is 5.41 Å². The number of nitrogens with zero attached hydrogens (tertiary/aromatic N) is 2. The molecule has 0 unspecified atom stereocenters. The van der Waals surface area contributed by atoms with Crippen LogP contribution < -0.4 is 4.72 Å². The molecule has 7 heteroatoms. The van der Waals surface area contributed by atoms with Crippen LogP contribution in [-0.2, 0) is 21.3 Å². The summed E-state index contributed by atoms with van der Waals surface area (Å²) in [5.74, 6) is 0.133. The minimum absolute atomic E-state index is 0.0710. The SMILES string of the molecule is CCS(=O)(=O)NCC[C@@]12CCO[C@@H]1CCN(Cc1ccncc1)C2. The summed E-state index contributed by atoms with van der Waals surface area (Å²) in [5, 5.41) is 0. The van der Waals surface area contributed by atoms with Crippen molar-refractivity contribution in [3.05, 3.63) is 30.1 Å². The third-order valence-corrected chi connectivity index (χ3v) is 6.73. The van der Waals surface area contributed by atoms with Crippen molar-refractivity contribution < 1.29 is 13.2 Å². The van der Waals surface area contributed by atoms with Gasteiger partial charge in [-0.1, -0.05) is 0 Å². The molecule has 2 aliphatic heterocycles. The standard InChI is InChI=1S/C17H27N3O3S/c1-2-24(21,22)19-10-6-17-7-12-23-16(17)5-11-20(14-17)13-15-3-8-18-9-4-15/h3-4,8-9,16,19H,2,5-7,10-14H2,1H3/t16-,17+/m1/s1. The molecule has 134 valence electrons. The van der Waals surface area contributed by atoms with Crippen molar-refractivity contribution in [3.8, 4) is 0 Å². The number of hydrogen-bond donors (Lipinski definition) is 1. The largest absolute Gasteiger partial charge is 0.378 e. The van der Waals surface area contributed by atoms with Gasteiger partial charge in [0.2, 0.25) is 10.0 Å². The molecule has 1 aromatic heterocycles. The molecular formula is C17H27N3O3S. The predicted molar refractivity (Wildman–Crippen MR) is 93.0 cm³/mol. The number of rotatable bonds is 7. The van der Waals surface area contributed by atoms with Gasteiger partial charge < -0.3 is 4.74 Å². The minimum atomic E-state index is -3.13. The van der Waals surface area contributed by atoms with E-state index in [0.717, 1.165) is 45.5 Å². The predicted octanol–water partition coefficient (Wildman–Crippen LogP) is 1.39. The summed E-state index contributed by atoms with van der Waals surface area (Å²) in [7, 11) is -3.13. The number of pyridine rings is 1. The van der Waals surface area contributed by atoms with E-state index in [1.165, 1.54) is 5.56 Å². The Morgan fingerprint density at radius 3 is 2.96 bits per heavy atom. The van der Waals surface area contributed by atoms with E-state index in [1.54, 1.807) is 6.92 Å². The summed E-state index contributed by atoms with van der Waals surface area (Å²) in [6.45, 7) is 5.85. The number of fused-ring (bicyclic) bond motifs is 1. The minimum Gasteiger partial charge on any atom is -0.378 e. The first kappa shape index (κ1) is 17.8. The summed E-state index contributed by atoms with van der Waals surface area (Å²) >= 11 is 0. The lowest BCUT2D eigenvalue weighted by Crippen LogP contribution is -2.50. The maximum atomic E-state index is 11.7. The zero-order chi connectivity index (χ0) is 17.0. The molecule has 0 spiro atoms. The van der Waals surface area contributed by atoms with E-state index in [4.69, 9.17) is 4.74 Å². The molecule has 0 bridgehead atoms. The average molecular weight is 353 g/mol. The Balaban J connectivity index is 1.63. The Bertz CT molecular complexity index is 638. The van der Waals surface area contributed by atoms with Crippen molar-refractivity contribution in [1.29, 1.82) is 0 Å². The van der Waals surface area contributed by atoms with Gasteiger partial charge in [-0.3, -0.25) is 9.88 Å². The van der Waals surface area contributed by atoms with Gasteiger partial charge in [-0.2, -0.15) is 0 Å². The maximum absolute atomic E-state index is 11.7. The molecule has 6 nitrogen and oxygen atoms in total. The molecule has 2 fully saturated rings. The van der Waals surface area contributed by atoms with Crippen LogP contribution in [0.3, 0.4) is 0 Å². The Kier molecular flexibility index (Phi) is 5.54. The van der Waals surface area contributed by atoms with E-state index in [2.05, 4.69) is 26.7 Å². The highest BCUT2D eigenvalue weighted by Crippen LogP contribution is 2.43. The zero-order valence-electron chi connectivity index (χ0n) is 14.3. The smallest absolute Gasteiger partial charge is 0.211 e. The molecule has 0 saturated carbocycles. The molecule has 2 saturated heterocycles. The van der Waals surface area contributed by atoms with Gasteiger partial charge >= 0.3 is 0 Å². The summed E-state index contributed by atoms with van der Waals surface area (Å²) in [6.07, 6.45) is 6.79. The van der Waals surface area contributed by atoms with Gasteiger partial charge in [0, 0.05) is 50.6 Å². The second-order valence-corrected chi connectivity index (χ2v) is 8.97. The molecule has 2 atom stereocenters. The first-order chi connectivity index (χ1) is 11.5. The number of nitrogens with one attached hydrogen (secondary N) is 1. The highest BCUT2D eigenvalue weighted by Gasteiger charge is 2.47. The lowest BCUT2D eigenvalue weighted by Gasteiger charge is -2.44. The van der Waals surface area contributed by atoms with Gasteiger partial charge in [0.25, 0.3) is 0 Å². The Labute approximate surface area is 144 Å². The van der Waals surface area contributed by atoms with Gasteiger partial charge in [0.05, 0.1) is 11.9 Å². The Hall–Kier alpha value is -1.02. The summed E-state index contributed by atoms with van der Waals surface area (Å²) in [4.78, 5) is 6.54. The Morgan fingerprint density at radius 1 is 1.42 bits per heavy atom. The number of hydrogen-bond acceptors (Lipinski definition) is 5. The molecule has 0 aromatic carbocycles. The van der Waals surface area contributed by atoms with Gasteiger partial charge in [0.1, 0.15) is 0 Å². The van der Waals surface area contributed by atoms with Crippen LogP contribution in [-0.4, -0.2) is 56.4 Å². The van der Waals surface area contributed by atoms with E-state index in [1.807, 2.05) is 12.4 Å². The van der Waals surface area contributed by atoms with Crippen LogP contribution in [0.4, 0.5) is 0 Å². The molecule has 1 aromatic rings. The number of likely N-dealkylation sites (tertiary alicyclic amines) is 1. The van der Waals surface area contributed by atoms with E-state index < -0.39 is 10.0 Å². The fourth-order valence-electron chi connectivity index (χ4n) is 3.94. The molecule has 2 aliphatic rings. The van der Waals surface area contributed by atoms with E-state index in [0.29, 0.717) is 6.54 Å². The second kappa shape index (κ2) is 7.47. The maximum Gasteiger partial charge on any atom is 0.211 e. The van der Waals surface area contributed by atoms with Gasteiger partial charge in [-0.25, -0.2) is 13.1 Å². The second-order valence-electron chi connectivity index (χ2n) is 6.87. The van der Waals surface area contributed by atoms with E-state index in [9.17, 15) is 8.42 Å². The van der Waals surface area contributed by atoms with Crippen LogP contribution in [0.5, 0.6) is 0 Å². The zero-order valence-corrected chi connectivity index (χ0v) is 15.1. The van der Waals surface area contributed by atoms with Crippen LogP contribution >= 0.6 is 0 Å². The first-order valence-electron chi connectivity index (χ1n) is 8.73. The fourth-order valence-corrected chi connectivity index (χ4v) is 4.56. The number of aromatic nitrogens is 1. The lowest BCUT2D eigenvalue weighted by atomic mass is 9.74. The summed E-state index contributed by atoms with van der Waals surface area (Å²) in [5.41, 5.74) is 1.34. The van der Waals surface area contributed by atoms with Crippen molar-refractivity contribution in [1.82, 2.24) is 14.6 Å². The van der Waals surface area contributed by atoms with Gasteiger partial charge in [0.15, 0.2) is 0 Å². The van der Waals surface area contributed by atoms with Crippen LogP contribution in [0.15, 0.2) is 24.5 Å². The van der Waals surface area contributed by atoms with Crippen molar-refractivity contribution in [2.45, 2.75) is 38.8 Å². The highest BCUT2D eigenvalue weighted by molar-refractivity contribution is 7.89. The van der Waals surface area contributed by atoms with Crippen molar-refractivity contribution >= 4 is 10.0 Å². The third kappa shape index (κ3) is 4.14. The average Bonchev–Trinajstić information content (AvgIpc) is 2.98.